The second kappa shape index (κ2) is 6.67. The monoisotopic (exact) mass is 339 g/mol. The highest BCUT2D eigenvalue weighted by Gasteiger charge is 2.33. The first-order chi connectivity index (χ1) is 12.2. The molecule has 0 N–H and O–H groups in total. The lowest BCUT2D eigenvalue weighted by Gasteiger charge is -2.31. The van der Waals surface area contributed by atoms with Gasteiger partial charge in [-0.1, -0.05) is 30.3 Å². The zero-order valence-corrected chi connectivity index (χ0v) is 14.2. The van der Waals surface area contributed by atoms with Gasteiger partial charge in [0.1, 0.15) is 12.4 Å². The largest absolute Gasteiger partial charge is 0.486 e. The van der Waals surface area contributed by atoms with Gasteiger partial charge in [-0.3, -0.25) is 4.79 Å². The number of carbonyl (C=O) groups excluding carboxylic acids is 1. The van der Waals surface area contributed by atoms with Gasteiger partial charge in [-0.2, -0.15) is 0 Å². The van der Waals surface area contributed by atoms with Crippen LogP contribution in [0.4, 0.5) is 0 Å². The number of rotatable bonds is 4. The third-order valence-corrected chi connectivity index (χ3v) is 4.61. The number of hydrogen-bond acceptors (Lipinski definition) is 4. The molecule has 2 aromatic rings. The summed E-state index contributed by atoms with van der Waals surface area (Å²) in [7, 11) is 0. The van der Waals surface area contributed by atoms with Crippen LogP contribution in [0.1, 0.15) is 12.5 Å². The Labute approximate surface area is 147 Å². The van der Waals surface area contributed by atoms with E-state index in [0.29, 0.717) is 26.1 Å². The molecule has 2 aliphatic heterocycles. The second-order valence-corrected chi connectivity index (χ2v) is 6.29. The van der Waals surface area contributed by atoms with Crippen LogP contribution in [0.3, 0.4) is 0 Å². The van der Waals surface area contributed by atoms with Gasteiger partial charge in [-0.25, -0.2) is 0 Å². The molecule has 25 heavy (non-hydrogen) atoms. The number of ether oxygens (including phenoxy) is 3. The van der Waals surface area contributed by atoms with Crippen molar-refractivity contribution in [2.24, 2.45) is 0 Å². The first-order valence-corrected chi connectivity index (χ1v) is 8.66. The molecule has 0 aliphatic carbocycles. The van der Waals surface area contributed by atoms with Crippen molar-refractivity contribution in [3.05, 3.63) is 54.1 Å². The maximum atomic E-state index is 12.9. The van der Waals surface area contributed by atoms with E-state index in [1.54, 1.807) is 4.90 Å². The smallest absolute Gasteiger partial charge is 0.264 e. The molecule has 5 heteroatoms. The summed E-state index contributed by atoms with van der Waals surface area (Å²) in [5.74, 6) is 2.29. The minimum absolute atomic E-state index is 0.00107. The highest BCUT2D eigenvalue weighted by molar-refractivity contribution is 5.82. The lowest BCUT2D eigenvalue weighted by Crippen LogP contribution is -2.48. The molecule has 2 unspecified atom stereocenters. The van der Waals surface area contributed by atoms with Crippen LogP contribution >= 0.6 is 0 Å². The fourth-order valence-electron chi connectivity index (χ4n) is 3.30. The van der Waals surface area contributed by atoms with E-state index in [4.69, 9.17) is 14.2 Å². The summed E-state index contributed by atoms with van der Waals surface area (Å²) in [6.45, 7) is 3.50. The zero-order valence-electron chi connectivity index (χ0n) is 14.2. The first-order valence-electron chi connectivity index (χ1n) is 8.66. The van der Waals surface area contributed by atoms with Crippen LogP contribution in [0.5, 0.6) is 17.2 Å². The SMILES string of the molecule is CCN(CC1COc2ccccc2O1)C(=O)C1Cc2ccccc2O1. The molecule has 0 spiro atoms. The molecular formula is C20H21NO4. The molecule has 0 saturated heterocycles. The average molecular weight is 339 g/mol. The predicted octanol–water partition coefficient (Wildman–Crippen LogP) is 2.68. The third-order valence-electron chi connectivity index (χ3n) is 4.61. The molecule has 0 aromatic heterocycles. The number of fused-ring (bicyclic) bond motifs is 2. The van der Waals surface area contributed by atoms with Gasteiger partial charge in [-0.15, -0.1) is 0 Å². The molecule has 0 saturated carbocycles. The van der Waals surface area contributed by atoms with E-state index in [2.05, 4.69) is 0 Å². The van der Waals surface area contributed by atoms with Crippen LogP contribution in [-0.2, 0) is 11.2 Å². The normalized spacial score (nSPS) is 20.5. The summed E-state index contributed by atoms with van der Waals surface area (Å²) in [6, 6.07) is 15.4. The number of hydrogen-bond donors (Lipinski definition) is 0. The Morgan fingerprint density at radius 3 is 2.52 bits per heavy atom. The number of likely N-dealkylation sites (N-methyl/N-ethyl adjacent to an activating group) is 1. The van der Waals surface area contributed by atoms with Crippen molar-refractivity contribution < 1.29 is 19.0 Å². The van der Waals surface area contributed by atoms with E-state index in [-0.39, 0.29) is 12.0 Å². The standard InChI is InChI=1S/C20H21NO4/c1-2-21(12-15-13-23-17-9-5-6-10-18(17)24-15)20(22)19-11-14-7-3-4-8-16(14)25-19/h3-10,15,19H,2,11-13H2,1H3. The maximum absolute atomic E-state index is 12.9. The number of benzene rings is 2. The van der Waals surface area contributed by atoms with E-state index in [1.807, 2.05) is 55.5 Å². The Bertz CT molecular complexity index is 751. The molecule has 0 radical (unpaired) electrons. The molecule has 2 aliphatic rings. The van der Waals surface area contributed by atoms with Gasteiger partial charge in [0.25, 0.3) is 5.91 Å². The minimum atomic E-state index is -0.450. The quantitative estimate of drug-likeness (QED) is 0.859. The molecule has 2 aromatic carbocycles. The Morgan fingerprint density at radius 1 is 1.04 bits per heavy atom. The van der Waals surface area contributed by atoms with Gasteiger partial charge in [0, 0.05) is 13.0 Å². The number of amides is 1. The molecule has 0 fully saturated rings. The molecule has 4 rings (SSSR count). The predicted molar refractivity (Wildman–Crippen MR) is 93.2 cm³/mol. The number of carbonyl (C=O) groups is 1. The van der Waals surface area contributed by atoms with Crippen LogP contribution in [-0.4, -0.2) is 42.7 Å². The Kier molecular flexibility index (Phi) is 4.22. The highest BCUT2D eigenvalue weighted by Crippen LogP contribution is 2.32. The van der Waals surface area contributed by atoms with E-state index in [1.165, 1.54) is 0 Å². The lowest BCUT2D eigenvalue weighted by molar-refractivity contribution is -0.139. The Balaban J connectivity index is 1.41. The summed E-state index contributed by atoms with van der Waals surface area (Å²) in [4.78, 5) is 14.7. The summed E-state index contributed by atoms with van der Waals surface area (Å²) in [5.41, 5.74) is 1.09. The van der Waals surface area contributed by atoms with Crippen LogP contribution in [0, 0.1) is 0 Å². The molecule has 0 bridgehead atoms. The summed E-state index contributed by atoms with van der Waals surface area (Å²) in [6.07, 6.45) is -0.00664. The summed E-state index contributed by atoms with van der Waals surface area (Å²) >= 11 is 0. The maximum Gasteiger partial charge on any atom is 0.264 e. The van der Waals surface area contributed by atoms with E-state index >= 15 is 0 Å². The summed E-state index contributed by atoms with van der Waals surface area (Å²) < 4.78 is 17.6. The fourth-order valence-corrected chi connectivity index (χ4v) is 3.30. The Morgan fingerprint density at radius 2 is 1.76 bits per heavy atom. The second-order valence-electron chi connectivity index (χ2n) is 6.29. The number of para-hydroxylation sites is 3. The minimum Gasteiger partial charge on any atom is -0.486 e. The van der Waals surface area contributed by atoms with Crippen LogP contribution in [0.2, 0.25) is 0 Å². The average Bonchev–Trinajstić information content (AvgIpc) is 3.09. The van der Waals surface area contributed by atoms with Crippen molar-refractivity contribution in [2.75, 3.05) is 19.7 Å². The first kappa shape index (κ1) is 15.8. The number of nitrogens with zero attached hydrogens (tertiary/aromatic N) is 1. The zero-order chi connectivity index (χ0) is 17.2. The van der Waals surface area contributed by atoms with Crippen LogP contribution < -0.4 is 14.2 Å². The molecule has 2 atom stereocenters. The van der Waals surface area contributed by atoms with Gasteiger partial charge >= 0.3 is 0 Å². The van der Waals surface area contributed by atoms with Crippen molar-refractivity contribution in [2.45, 2.75) is 25.6 Å². The molecular weight excluding hydrogens is 318 g/mol. The van der Waals surface area contributed by atoms with Crippen LogP contribution in [0.25, 0.3) is 0 Å². The molecule has 2 heterocycles. The Hall–Kier alpha value is -2.69. The third kappa shape index (κ3) is 3.14. The van der Waals surface area contributed by atoms with Crippen molar-refractivity contribution in [3.63, 3.8) is 0 Å². The fraction of sp³-hybridized carbons (Fsp3) is 0.350. The van der Waals surface area contributed by atoms with Crippen molar-refractivity contribution in [1.82, 2.24) is 4.90 Å². The van der Waals surface area contributed by atoms with Crippen molar-refractivity contribution >= 4 is 5.91 Å². The lowest BCUT2D eigenvalue weighted by atomic mass is 10.1. The molecule has 130 valence electrons. The van der Waals surface area contributed by atoms with E-state index in [9.17, 15) is 4.79 Å². The van der Waals surface area contributed by atoms with E-state index in [0.717, 1.165) is 22.8 Å². The van der Waals surface area contributed by atoms with E-state index < -0.39 is 6.10 Å². The van der Waals surface area contributed by atoms with Gasteiger partial charge in [-0.05, 0) is 30.7 Å². The van der Waals surface area contributed by atoms with Gasteiger partial charge in [0.2, 0.25) is 0 Å². The molecule has 5 nitrogen and oxygen atoms in total. The van der Waals surface area contributed by atoms with Crippen LogP contribution in [0.15, 0.2) is 48.5 Å². The van der Waals surface area contributed by atoms with Crippen molar-refractivity contribution in [3.8, 4) is 17.2 Å². The molecule has 1 amide bonds. The topological polar surface area (TPSA) is 48.0 Å². The summed E-state index contributed by atoms with van der Waals surface area (Å²) in [5, 5.41) is 0. The van der Waals surface area contributed by atoms with Crippen molar-refractivity contribution in [1.29, 1.82) is 0 Å². The highest BCUT2D eigenvalue weighted by atomic mass is 16.6. The van der Waals surface area contributed by atoms with Gasteiger partial charge in [0.05, 0.1) is 6.54 Å². The van der Waals surface area contributed by atoms with Gasteiger partial charge in [0.15, 0.2) is 23.7 Å². The van der Waals surface area contributed by atoms with Gasteiger partial charge < -0.3 is 19.1 Å².